The largest absolute Gasteiger partial charge is 0.416 e. The van der Waals surface area contributed by atoms with E-state index >= 15 is 0 Å². The average molecular weight is 605 g/mol. The van der Waals surface area contributed by atoms with Gasteiger partial charge in [0.15, 0.2) is 5.15 Å². The van der Waals surface area contributed by atoms with Crippen LogP contribution in [0, 0.1) is 11.6 Å². The van der Waals surface area contributed by atoms with Gasteiger partial charge >= 0.3 is 6.18 Å². The normalized spacial score (nSPS) is 15.1. The molecule has 2 heterocycles. The highest BCUT2D eigenvalue weighted by Gasteiger charge is 2.38. The van der Waals surface area contributed by atoms with Crippen LogP contribution in [0.2, 0.25) is 10.2 Å². The second-order valence-electron chi connectivity index (χ2n) is 8.72. The molecule has 3 aromatic carbocycles. The summed E-state index contributed by atoms with van der Waals surface area (Å²) in [6, 6.07) is 4.40. The Balaban J connectivity index is 1.73. The molecule has 6 nitrogen and oxygen atoms in total. The van der Waals surface area contributed by atoms with Crippen LogP contribution in [0.3, 0.4) is 0 Å². The molecule has 2 amide bonds. The zero-order valence-electron chi connectivity index (χ0n) is 19.5. The minimum atomic E-state index is -4.97. The summed E-state index contributed by atoms with van der Waals surface area (Å²) in [6.45, 7) is -0.949. The van der Waals surface area contributed by atoms with Crippen molar-refractivity contribution < 1.29 is 40.3 Å². The first kappa shape index (κ1) is 27.7. The smallest absolute Gasteiger partial charge is 0.341 e. The number of anilines is 1. The van der Waals surface area contributed by atoms with Crippen molar-refractivity contribution in [2.75, 3.05) is 5.32 Å². The molecule has 0 saturated carbocycles. The van der Waals surface area contributed by atoms with Crippen LogP contribution < -0.4 is 10.6 Å². The van der Waals surface area contributed by atoms with Gasteiger partial charge in [0, 0.05) is 27.4 Å². The lowest BCUT2D eigenvalue weighted by molar-refractivity contribution is -0.137. The Kier molecular flexibility index (Phi) is 6.91. The molecule has 0 aliphatic carbocycles. The number of fused-ring (bicyclic) bond motifs is 3. The topological polar surface area (TPSA) is 76.0 Å². The highest BCUT2D eigenvalue weighted by Crippen LogP contribution is 2.44. The third-order valence-corrected chi connectivity index (χ3v) is 6.76. The third-order valence-electron chi connectivity index (χ3n) is 6.15. The SMILES string of the molecule is O=C(Nc1cc2c(c(Cl)nn2CC(F)F)c2c1[C@@H](c1cc(F)ccc1Cl)NC2=O)c1cc(F)cc(C(F)(F)F)c1. The van der Waals surface area contributed by atoms with E-state index in [2.05, 4.69) is 15.7 Å². The number of rotatable bonds is 5. The number of hydrogen-bond acceptors (Lipinski definition) is 3. The number of nitrogens with zero attached hydrogens (tertiary/aromatic N) is 2. The predicted octanol–water partition coefficient (Wildman–Crippen LogP) is 6.99. The Hall–Kier alpha value is -3.84. The summed E-state index contributed by atoms with van der Waals surface area (Å²) in [7, 11) is 0. The van der Waals surface area contributed by atoms with Gasteiger partial charge in [-0.25, -0.2) is 17.6 Å². The fourth-order valence-electron chi connectivity index (χ4n) is 4.54. The molecule has 1 aromatic heterocycles. The van der Waals surface area contributed by atoms with Gasteiger partial charge in [0.2, 0.25) is 0 Å². The number of hydrogen-bond donors (Lipinski definition) is 2. The van der Waals surface area contributed by atoms with Crippen molar-refractivity contribution in [1.29, 1.82) is 0 Å². The lowest BCUT2D eigenvalue weighted by atomic mass is 9.94. The van der Waals surface area contributed by atoms with Crippen LogP contribution in [0.4, 0.5) is 36.4 Å². The summed E-state index contributed by atoms with van der Waals surface area (Å²) in [5, 5.41) is 8.37. The van der Waals surface area contributed by atoms with Gasteiger partial charge in [-0.3, -0.25) is 14.3 Å². The first-order valence-corrected chi connectivity index (χ1v) is 12.0. The minimum Gasteiger partial charge on any atom is -0.341 e. The zero-order valence-corrected chi connectivity index (χ0v) is 21.0. The van der Waals surface area contributed by atoms with Crippen molar-refractivity contribution in [2.24, 2.45) is 0 Å². The Morgan fingerprint density at radius 2 is 1.80 bits per heavy atom. The molecule has 0 radical (unpaired) electrons. The van der Waals surface area contributed by atoms with E-state index in [9.17, 15) is 40.3 Å². The number of aromatic nitrogens is 2. The summed E-state index contributed by atoms with van der Waals surface area (Å²) in [6.07, 6.45) is -7.86. The van der Waals surface area contributed by atoms with E-state index in [0.717, 1.165) is 22.9 Å². The number of carbonyl (C=O) groups excluding carboxylic acids is 2. The molecule has 1 aliphatic heterocycles. The summed E-state index contributed by atoms with van der Waals surface area (Å²) in [5.41, 5.74) is -2.72. The number of benzene rings is 3. The Morgan fingerprint density at radius 3 is 2.48 bits per heavy atom. The maximum atomic E-state index is 14.1. The maximum Gasteiger partial charge on any atom is 0.416 e. The summed E-state index contributed by atoms with van der Waals surface area (Å²) < 4.78 is 95.1. The number of alkyl halides is 5. The van der Waals surface area contributed by atoms with Crippen molar-refractivity contribution in [1.82, 2.24) is 15.1 Å². The van der Waals surface area contributed by atoms with Crippen LogP contribution in [0.5, 0.6) is 0 Å². The van der Waals surface area contributed by atoms with Crippen LogP contribution >= 0.6 is 23.2 Å². The van der Waals surface area contributed by atoms with E-state index < -0.39 is 59.8 Å². The van der Waals surface area contributed by atoms with Crippen LogP contribution in [-0.4, -0.2) is 28.0 Å². The zero-order chi connectivity index (χ0) is 29.1. The lowest BCUT2D eigenvalue weighted by Gasteiger charge is -2.19. The van der Waals surface area contributed by atoms with Gasteiger partial charge in [0.25, 0.3) is 18.2 Å². The average Bonchev–Trinajstić information content (AvgIpc) is 3.35. The van der Waals surface area contributed by atoms with Gasteiger partial charge in [-0.05, 0) is 42.5 Å². The van der Waals surface area contributed by atoms with Crippen molar-refractivity contribution in [2.45, 2.75) is 25.2 Å². The van der Waals surface area contributed by atoms with Gasteiger partial charge in [0.1, 0.15) is 18.2 Å². The highest BCUT2D eigenvalue weighted by atomic mass is 35.5. The molecule has 0 fully saturated rings. The van der Waals surface area contributed by atoms with Crippen LogP contribution in [0.15, 0.2) is 42.5 Å². The Morgan fingerprint density at radius 1 is 1.07 bits per heavy atom. The number of carbonyl (C=O) groups is 2. The summed E-state index contributed by atoms with van der Waals surface area (Å²) >= 11 is 12.5. The standard InChI is InChI=1S/C25H13Cl2F7N4O2/c26-14-2-1-11(28)6-13(14)21-18-15(35-23(39)9-3-10(25(32,33)34)5-12(29)4-9)7-16-19(20(18)24(40)36-21)22(27)37-38(16)8-17(30)31/h1-7,17,21H,8H2,(H,35,39)(H,36,40)/t21-/m1/s1. The molecular weight excluding hydrogens is 592 g/mol. The molecule has 4 aromatic rings. The molecule has 15 heteroatoms. The molecule has 1 aliphatic rings. The Bertz CT molecular complexity index is 1710. The van der Waals surface area contributed by atoms with E-state index in [0.29, 0.717) is 12.1 Å². The van der Waals surface area contributed by atoms with Crippen LogP contribution in [-0.2, 0) is 12.7 Å². The van der Waals surface area contributed by atoms with E-state index in [1.54, 1.807) is 0 Å². The van der Waals surface area contributed by atoms with Crippen LogP contribution in [0.25, 0.3) is 10.9 Å². The fourth-order valence-corrected chi connectivity index (χ4v) is 5.05. The molecule has 0 bridgehead atoms. The molecule has 2 N–H and O–H groups in total. The summed E-state index contributed by atoms with van der Waals surface area (Å²) in [5.74, 6) is -4.09. The number of nitrogens with one attached hydrogen (secondary N) is 2. The van der Waals surface area contributed by atoms with E-state index in [1.807, 2.05) is 0 Å². The molecule has 0 spiro atoms. The Labute approximate surface area is 229 Å². The van der Waals surface area contributed by atoms with Gasteiger partial charge in [-0.15, -0.1) is 0 Å². The second-order valence-corrected chi connectivity index (χ2v) is 9.49. The van der Waals surface area contributed by atoms with E-state index in [-0.39, 0.29) is 49.5 Å². The molecule has 40 heavy (non-hydrogen) atoms. The van der Waals surface area contributed by atoms with Gasteiger partial charge in [-0.2, -0.15) is 18.3 Å². The van der Waals surface area contributed by atoms with Crippen molar-refractivity contribution >= 4 is 51.6 Å². The van der Waals surface area contributed by atoms with Gasteiger partial charge in [0.05, 0.1) is 28.1 Å². The second kappa shape index (κ2) is 9.97. The molecule has 5 rings (SSSR count). The first-order chi connectivity index (χ1) is 18.7. The quantitative estimate of drug-likeness (QED) is 0.241. The first-order valence-electron chi connectivity index (χ1n) is 11.2. The lowest BCUT2D eigenvalue weighted by Crippen LogP contribution is -2.21. The number of amides is 2. The van der Waals surface area contributed by atoms with Crippen molar-refractivity contribution in [3.8, 4) is 0 Å². The van der Waals surface area contributed by atoms with E-state index in [4.69, 9.17) is 23.2 Å². The molecular formula is C25H13Cl2F7N4O2. The van der Waals surface area contributed by atoms with Gasteiger partial charge < -0.3 is 10.6 Å². The summed E-state index contributed by atoms with van der Waals surface area (Å²) in [4.78, 5) is 26.3. The minimum absolute atomic E-state index is 0.0105. The predicted molar refractivity (Wildman–Crippen MR) is 131 cm³/mol. The van der Waals surface area contributed by atoms with Gasteiger partial charge in [-0.1, -0.05) is 23.2 Å². The number of halogens is 9. The molecule has 0 saturated heterocycles. The molecule has 0 unspecified atom stereocenters. The fraction of sp³-hybridized carbons (Fsp3) is 0.160. The highest BCUT2D eigenvalue weighted by molar-refractivity contribution is 6.36. The monoisotopic (exact) mass is 604 g/mol. The molecule has 208 valence electrons. The van der Waals surface area contributed by atoms with E-state index in [1.165, 1.54) is 6.07 Å². The van der Waals surface area contributed by atoms with Crippen LogP contribution in [0.1, 0.15) is 43.4 Å². The maximum absolute atomic E-state index is 14.1. The van der Waals surface area contributed by atoms with Crippen molar-refractivity contribution in [3.05, 3.63) is 92.1 Å². The van der Waals surface area contributed by atoms with Crippen molar-refractivity contribution in [3.63, 3.8) is 0 Å². The third kappa shape index (κ3) is 4.94. The molecule has 1 atom stereocenters.